The summed E-state index contributed by atoms with van der Waals surface area (Å²) in [5, 5.41) is 27.1. The standard InChI is InChI=1S/C33H27ClN4O6/c1-42-27-14-13-20(32(40)35-21-10-5-4-6-11-21)16-26(27)37-38-30-22-12-8-7-9-19(22)15-23(31(30)39)33(41)36-25-18-28(43-2)24(34)17-29(25)44-3/h4-18,39H,1-3H3,(H,35,40)(H,36,41)/b38-37+. The molecule has 5 aromatic rings. The van der Waals surface area contributed by atoms with Crippen molar-refractivity contribution in [1.82, 2.24) is 0 Å². The maximum Gasteiger partial charge on any atom is 0.259 e. The first-order valence-corrected chi connectivity index (χ1v) is 13.6. The summed E-state index contributed by atoms with van der Waals surface area (Å²) in [6.45, 7) is 0. The Labute approximate surface area is 257 Å². The van der Waals surface area contributed by atoms with E-state index < -0.39 is 11.7 Å². The Morgan fingerprint density at radius 2 is 1.43 bits per heavy atom. The van der Waals surface area contributed by atoms with Crippen LogP contribution >= 0.6 is 11.6 Å². The van der Waals surface area contributed by atoms with Crippen molar-refractivity contribution in [3.05, 3.63) is 107 Å². The van der Waals surface area contributed by atoms with Gasteiger partial charge in [0, 0.05) is 28.8 Å². The quantitative estimate of drug-likeness (QED) is 0.144. The number of ether oxygens (including phenoxy) is 3. The van der Waals surface area contributed by atoms with Gasteiger partial charge in [-0.15, -0.1) is 10.2 Å². The minimum absolute atomic E-state index is 0.0510. The number of halogens is 1. The van der Waals surface area contributed by atoms with Crippen molar-refractivity contribution in [2.75, 3.05) is 32.0 Å². The molecule has 10 nitrogen and oxygen atoms in total. The second-order valence-corrected chi connectivity index (χ2v) is 9.80. The third-order valence-corrected chi connectivity index (χ3v) is 6.99. The number of para-hydroxylation sites is 1. The van der Waals surface area contributed by atoms with E-state index in [-0.39, 0.29) is 28.5 Å². The average Bonchev–Trinajstić information content (AvgIpc) is 3.04. The molecule has 44 heavy (non-hydrogen) atoms. The lowest BCUT2D eigenvalue weighted by Gasteiger charge is -2.15. The summed E-state index contributed by atoms with van der Waals surface area (Å²) in [6, 6.07) is 25.5. The highest BCUT2D eigenvalue weighted by atomic mass is 35.5. The summed E-state index contributed by atoms with van der Waals surface area (Å²) in [4.78, 5) is 26.4. The lowest BCUT2D eigenvalue weighted by molar-refractivity contribution is 0.101. The normalized spacial score (nSPS) is 10.9. The van der Waals surface area contributed by atoms with E-state index in [0.717, 1.165) is 0 Å². The van der Waals surface area contributed by atoms with Crippen molar-refractivity contribution in [3.63, 3.8) is 0 Å². The molecular weight excluding hydrogens is 584 g/mol. The fraction of sp³-hybridized carbons (Fsp3) is 0.0909. The van der Waals surface area contributed by atoms with Gasteiger partial charge in [-0.2, -0.15) is 0 Å². The van der Waals surface area contributed by atoms with Crippen LogP contribution in [0.1, 0.15) is 20.7 Å². The molecule has 0 saturated heterocycles. The molecule has 0 aliphatic heterocycles. The van der Waals surface area contributed by atoms with Gasteiger partial charge in [0.2, 0.25) is 0 Å². The van der Waals surface area contributed by atoms with E-state index in [1.807, 2.05) is 18.2 Å². The van der Waals surface area contributed by atoms with Crippen LogP contribution in [-0.4, -0.2) is 38.3 Å². The van der Waals surface area contributed by atoms with Crippen molar-refractivity contribution < 1.29 is 28.9 Å². The van der Waals surface area contributed by atoms with Crippen LogP contribution in [-0.2, 0) is 0 Å². The van der Waals surface area contributed by atoms with Crippen molar-refractivity contribution in [2.24, 2.45) is 10.2 Å². The van der Waals surface area contributed by atoms with Crippen LogP contribution in [0.15, 0.2) is 101 Å². The number of aromatic hydroxyl groups is 1. The second kappa shape index (κ2) is 13.1. The van der Waals surface area contributed by atoms with Gasteiger partial charge < -0.3 is 30.0 Å². The molecule has 0 fully saturated rings. The number of hydrogen-bond donors (Lipinski definition) is 3. The smallest absolute Gasteiger partial charge is 0.259 e. The Kier molecular flexibility index (Phi) is 8.92. The van der Waals surface area contributed by atoms with Gasteiger partial charge in [-0.05, 0) is 41.8 Å². The first kappa shape index (κ1) is 29.9. The molecule has 5 rings (SSSR count). The van der Waals surface area contributed by atoms with E-state index in [9.17, 15) is 14.7 Å². The first-order chi connectivity index (χ1) is 21.3. The van der Waals surface area contributed by atoms with Crippen LogP contribution in [0.4, 0.5) is 22.7 Å². The number of amides is 2. The summed E-state index contributed by atoms with van der Waals surface area (Å²) in [6.07, 6.45) is 0. The summed E-state index contributed by atoms with van der Waals surface area (Å²) in [7, 11) is 4.36. The zero-order valence-electron chi connectivity index (χ0n) is 23.9. The molecule has 0 aliphatic rings. The molecule has 0 aliphatic carbocycles. The Morgan fingerprint density at radius 1 is 0.727 bits per heavy atom. The molecular formula is C33H27ClN4O6. The lowest BCUT2D eigenvalue weighted by atomic mass is 10.0. The predicted octanol–water partition coefficient (Wildman–Crippen LogP) is 8.14. The molecule has 5 aromatic carbocycles. The summed E-state index contributed by atoms with van der Waals surface area (Å²) < 4.78 is 16.1. The zero-order valence-corrected chi connectivity index (χ0v) is 24.7. The number of fused-ring (bicyclic) bond motifs is 1. The van der Waals surface area contributed by atoms with Gasteiger partial charge in [-0.1, -0.05) is 54.1 Å². The molecule has 2 amide bonds. The van der Waals surface area contributed by atoms with E-state index in [4.69, 9.17) is 25.8 Å². The van der Waals surface area contributed by atoms with Crippen molar-refractivity contribution in [1.29, 1.82) is 0 Å². The molecule has 0 radical (unpaired) electrons. The van der Waals surface area contributed by atoms with Crippen LogP contribution in [0.3, 0.4) is 0 Å². The molecule has 11 heteroatoms. The van der Waals surface area contributed by atoms with Crippen molar-refractivity contribution in [2.45, 2.75) is 0 Å². The predicted molar refractivity (Wildman–Crippen MR) is 170 cm³/mol. The minimum Gasteiger partial charge on any atom is -0.505 e. The van der Waals surface area contributed by atoms with Gasteiger partial charge in [0.05, 0.1) is 37.6 Å². The Morgan fingerprint density at radius 3 is 2.16 bits per heavy atom. The Balaban J connectivity index is 1.52. The third kappa shape index (κ3) is 6.25. The molecule has 0 spiro atoms. The fourth-order valence-electron chi connectivity index (χ4n) is 4.48. The number of nitrogens with one attached hydrogen (secondary N) is 2. The largest absolute Gasteiger partial charge is 0.505 e. The highest BCUT2D eigenvalue weighted by Gasteiger charge is 2.21. The Bertz CT molecular complexity index is 1900. The fourth-order valence-corrected chi connectivity index (χ4v) is 4.71. The molecule has 0 bridgehead atoms. The number of nitrogens with zero attached hydrogens (tertiary/aromatic N) is 2. The molecule has 0 heterocycles. The number of benzene rings is 5. The molecule has 0 saturated carbocycles. The van der Waals surface area contributed by atoms with Gasteiger partial charge in [0.15, 0.2) is 5.75 Å². The number of carbonyl (C=O) groups excluding carboxylic acids is 2. The van der Waals surface area contributed by atoms with Gasteiger partial charge >= 0.3 is 0 Å². The van der Waals surface area contributed by atoms with Gasteiger partial charge in [0.1, 0.15) is 28.6 Å². The second-order valence-electron chi connectivity index (χ2n) is 9.39. The van der Waals surface area contributed by atoms with E-state index in [1.54, 1.807) is 54.6 Å². The van der Waals surface area contributed by atoms with Crippen LogP contribution in [0.2, 0.25) is 5.02 Å². The zero-order chi connectivity index (χ0) is 31.2. The molecule has 0 aromatic heterocycles. The van der Waals surface area contributed by atoms with Gasteiger partial charge in [0.25, 0.3) is 11.8 Å². The lowest BCUT2D eigenvalue weighted by Crippen LogP contribution is -2.13. The van der Waals surface area contributed by atoms with Gasteiger partial charge in [-0.25, -0.2) is 0 Å². The number of azo groups is 1. The number of anilines is 2. The number of hydrogen-bond acceptors (Lipinski definition) is 8. The molecule has 0 atom stereocenters. The average molecular weight is 611 g/mol. The van der Waals surface area contributed by atoms with Gasteiger partial charge in [-0.3, -0.25) is 9.59 Å². The maximum atomic E-state index is 13.5. The number of rotatable bonds is 9. The third-order valence-electron chi connectivity index (χ3n) is 6.69. The summed E-state index contributed by atoms with van der Waals surface area (Å²) in [5.41, 5.74) is 1.47. The van der Waals surface area contributed by atoms with E-state index in [1.165, 1.54) is 39.5 Å². The number of phenolic OH excluding ortho intramolecular Hbond substituents is 1. The van der Waals surface area contributed by atoms with Crippen molar-refractivity contribution in [3.8, 4) is 23.0 Å². The van der Waals surface area contributed by atoms with E-state index in [2.05, 4.69) is 20.9 Å². The monoisotopic (exact) mass is 610 g/mol. The van der Waals surface area contributed by atoms with Crippen LogP contribution in [0.5, 0.6) is 23.0 Å². The van der Waals surface area contributed by atoms with Crippen molar-refractivity contribution >= 4 is 56.9 Å². The summed E-state index contributed by atoms with van der Waals surface area (Å²) >= 11 is 6.20. The molecule has 3 N–H and O–H groups in total. The first-order valence-electron chi connectivity index (χ1n) is 13.3. The highest BCUT2D eigenvalue weighted by molar-refractivity contribution is 6.32. The van der Waals surface area contributed by atoms with Crippen LogP contribution < -0.4 is 24.8 Å². The molecule has 0 unspecified atom stereocenters. The van der Waals surface area contributed by atoms with Crippen LogP contribution in [0, 0.1) is 0 Å². The van der Waals surface area contributed by atoms with E-state index in [0.29, 0.717) is 44.3 Å². The van der Waals surface area contributed by atoms with E-state index >= 15 is 0 Å². The SMILES string of the molecule is COc1cc(NC(=O)c2cc3ccccc3c(/N=N/c3cc(C(=O)Nc4ccccc4)ccc3OC)c2O)c(OC)cc1Cl. The number of methoxy groups -OCH3 is 3. The minimum atomic E-state index is -0.635. The van der Waals surface area contributed by atoms with Crippen LogP contribution in [0.25, 0.3) is 10.8 Å². The Hall–Kier alpha value is -5.61. The topological polar surface area (TPSA) is 131 Å². The number of phenols is 1. The number of carbonyl (C=O) groups is 2. The maximum absolute atomic E-state index is 13.5. The summed E-state index contributed by atoms with van der Waals surface area (Å²) in [5.74, 6) is -0.407. The highest BCUT2D eigenvalue weighted by Crippen LogP contribution is 2.42. The molecule has 222 valence electrons.